The molecule has 0 aromatic heterocycles. The third-order valence-electron chi connectivity index (χ3n) is 0.827. The van der Waals surface area contributed by atoms with Gasteiger partial charge >= 0.3 is 109 Å². The molecule has 0 spiro atoms. The fourth-order valence-electron chi connectivity index (χ4n) is 0.519. The summed E-state index contributed by atoms with van der Waals surface area (Å²) in [6, 6.07) is -0.740. The van der Waals surface area contributed by atoms with E-state index in [1.165, 1.54) is 0 Å². The Balaban J connectivity index is 0. The monoisotopic (exact) mass is 208 g/mol. The van der Waals surface area contributed by atoms with Gasteiger partial charge in [0.2, 0.25) is 11.8 Å². The summed E-state index contributed by atoms with van der Waals surface area (Å²) in [4.78, 5) is 30.8. The first-order valence-electron chi connectivity index (χ1n) is 2.32. The zero-order valence-electron chi connectivity index (χ0n) is 4.43. The van der Waals surface area contributed by atoms with Crippen LogP contribution < -0.4 is 10.6 Å². The minimum atomic E-state index is -0.740. The first-order valence-corrected chi connectivity index (χ1v) is 2.32. The van der Waals surface area contributed by atoms with Crippen molar-refractivity contribution in [3.05, 3.63) is 0 Å². The van der Waals surface area contributed by atoms with Gasteiger partial charge < -0.3 is 0 Å². The number of carbonyl (C=O) groups excluding carboxylic acids is 3. The molecule has 0 radical (unpaired) electrons. The van der Waals surface area contributed by atoms with Gasteiger partial charge in [-0.15, -0.1) is 0 Å². The van der Waals surface area contributed by atoms with Crippen molar-refractivity contribution in [2.24, 2.45) is 0 Å². The number of barbiturate groups is 1. The maximum atomic E-state index is 10.3. The Bertz CT molecular complexity index is 148. The summed E-state index contributed by atoms with van der Waals surface area (Å²) in [6.07, 6.45) is -0.258. The van der Waals surface area contributed by atoms with Gasteiger partial charge in [-0.05, 0) is 0 Å². The number of amides is 4. The fraction of sp³-hybridized carbons (Fsp3) is 0.250. The Kier molecular flexibility index (Phi) is 10.2. The molecule has 1 aliphatic rings. The summed E-state index contributed by atoms with van der Waals surface area (Å²) in [5, 5.41) is 3.80. The van der Waals surface area contributed by atoms with Crippen LogP contribution in [0.15, 0.2) is 0 Å². The van der Waals surface area contributed by atoms with Crippen LogP contribution in [-0.2, 0) is 9.59 Å². The Hall–Kier alpha value is 1.88. The van der Waals surface area contributed by atoms with E-state index in [2.05, 4.69) is 0 Å². The van der Waals surface area contributed by atoms with Crippen LogP contribution in [0.1, 0.15) is 6.42 Å². The van der Waals surface area contributed by atoms with E-state index in [9.17, 15) is 14.4 Å². The standard InChI is InChI=1S/C4H4N2O3.2K.2H/c7-2-1-3(8)6-4(9)5-2;;;;/h1H2,(H2,5,6,7,8,9);;;;. The first kappa shape index (κ1) is 15.4. The van der Waals surface area contributed by atoms with E-state index in [-0.39, 0.29) is 109 Å². The Morgan fingerprint density at radius 1 is 0.909 bits per heavy atom. The van der Waals surface area contributed by atoms with Gasteiger partial charge in [0.05, 0.1) is 0 Å². The fourth-order valence-corrected chi connectivity index (χ4v) is 0.519. The number of hydrogen-bond acceptors (Lipinski definition) is 3. The molecule has 0 aromatic rings. The number of carbonyl (C=O) groups is 3. The van der Waals surface area contributed by atoms with Crippen LogP contribution in [0, 0.1) is 0 Å². The van der Waals surface area contributed by atoms with Crippen LogP contribution in [0.2, 0.25) is 0 Å². The minimum absolute atomic E-state index is 0. The molecule has 1 saturated heterocycles. The molecule has 0 atom stereocenters. The number of hydrogen-bond donors (Lipinski definition) is 2. The molecule has 1 aliphatic heterocycles. The molecule has 0 bridgehead atoms. The molecule has 4 amide bonds. The Morgan fingerprint density at radius 3 is 1.55 bits per heavy atom. The van der Waals surface area contributed by atoms with Gasteiger partial charge in [0, 0.05) is 0 Å². The van der Waals surface area contributed by atoms with Crippen molar-refractivity contribution in [1.82, 2.24) is 10.6 Å². The molecule has 0 aromatic carbocycles. The van der Waals surface area contributed by atoms with E-state index in [4.69, 9.17) is 0 Å². The van der Waals surface area contributed by atoms with Gasteiger partial charge in [0.1, 0.15) is 6.42 Å². The SMILES string of the molecule is O=C1CC(=O)NC(=O)N1.[KH].[KH]. The summed E-state index contributed by atoms with van der Waals surface area (Å²) in [5.74, 6) is -1.10. The Morgan fingerprint density at radius 2 is 1.27 bits per heavy atom. The average molecular weight is 208 g/mol. The van der Waals surface area contributed by atoms with Gasteiger partial charge in [-0.3, -0.25) is 20.2 Å². The summed E-state index contributed by atoms with van der Waals surface area (Å²) in [7, 11) is 0. The zero-order valence-corrected chi connectivity index (χ0v) is 4.43. The summed E-state index contributed by atoms with van der Waals surface area (Å²) in [5.41, 5.74) is 0. The van der Waals surface area contributed by atoms with E-state index < -0.39 is 17.8 Å². The van der Waals surface area contributed by atoms with Gasteiger partial charge in [-0.1, -0.05) is 0 Å². The van der Waals surface area contributed by atoms with Crippen molar-refractivity contribution in [3.63, 3.8) is 0 Å². The molecule has 5 nitrogen and oxygen atoms in total. The third kappa shape index (κ3) is 6.02. The van der Waals surface area contributed by atoms with Crippen LogP contribution in [0.3, 0.4) is 0 Å². The van der Waals surface area contributed by atoms with Crippen LogP contribution in [0.25, 0.3) is 0 Å². The second-order valence-electron chi connectivity index (χ2n) is 1.60. The van der Waals surface area contributed by atoms with Gasteiger partial charge in [-0.25, -0.2) is 4.79 Å². The zero-order chi connectivity index (χ0) is 6.85. The first-order chi connectivity index (χ1) is 4.18. The Labute approximate surface area is 148 Å². The van der Waals surface area contributed by atoms with Gasteiger partial charge in [-0.2, -0.15) is 0 Å². The maximum absolute atomic E-state index is 10.3. The van der Waals surface area contributed by atoms with Gasteiger partial charge in [0.25, 0.3) is 0 Å². The predicted molar refractivity (Wildman–Crippen MR) is 40.6 cm³/mol. The molecule has 11 heavy (non-hydrogen) atoms. The molecule has 52 valence electrons. The molecule has 1 fully saturated rings. The topological polar surface area (TPSA) is 75.3 Å². The van der Waals surface area contributed by atoms with E-state index in [1.54, 1.807) is 0 Å². The van der Waals surface area contributed by atoms with Crippen molar-refractivity contribution in [2.45, 2.75) is 6.42 Å². The van der Waals surface area contributed by atoms with Crippen molar-refractivity contribution in [3.8, 4) is 0 Å². The quantitative estimate of drug-likeness (QED) is 0.340. The predicted octanol–water partition coefficient (Wildman–Crippen LogP) is -2.55. The van der Waals surface area contributed by atoms with E-state index >= 15 is 0 Å². The second kappa shape index (κ2) is 7.30. The van der Waals surface area contributed by atoms with Crippen LogP contribution in [-0.4, -0.2) is 121 Å². The number of rotatable bonds is 0. The molecule has 7 heteroatoms. The van der Waals surface area contributed by atoms with Gasteiger partial charge in [0.15, 0.2) is 0 Å². The van der Waals surface area contributed by atoms with Crippen LogP contribution in [0.4, 0.5) is 4.79 Å². The second-order valence-corrected chi connectivity index (χ2v) is 1.60. The van der Waals surface area contributed by atoms with Crippen LogP contribution in [0.5, 0.6) is 0 Å². The molecule has 0 aliphatic carbocycles. The summed E-state index contributed by atoms with van der Waals surface area (Å²) >= 11 is 0. The molecular formula is C4H6K2N2O3. The number of imide groups is 2. The van der Waals surface area contributed by atoms with E-state index in [1.807, 2.05) is 10.6 Å². The number of nitrogens with one attached hydrogen (secondary N) is 2. The number of urea groups is 1. The third-order valence-corrected chi connectivity index (χ3v) is 0.827. The van der Waals surface area contributed by atoms with Crippen molar-refractivity contribution in [2.75, 3.05) is 0 Å². The molecule has 2 N–H and O–H groups in total. The van der Waals surface area contributed by atoms with Crippen molar-refractivity contribution >= 4 is 121 Å². The van der Waals surface area contributed by atoms with Crippen LogP contribution >= 0.6 is 0 Å². The van der Waals surface area contributed by atoms with E-state index in [0.29, 0.717) is 0 Å². The van der Waals surface area contributed by atoms with Crippen molar-refractivity contribution < 1.29 is 14.4 Å². The molecule has 0 saturated carbocycles. The van der Waals surface area contributed by atoms with E-state index in [0.717, 1.165) is 0 Å². The molecule has 0 unspecified atom stereocenters. The molecular weight excluding hydrogens is 202 g/mol. The average Bonchev–Trinajstić information content (AvgIpc) is 1.59. The summed E-state index contributed by atoms with van der Waals surface area (Å²) < 4.78 is 0. The molecule has 1 rings (SSSR count). The van der Waals surface area contributed by atoms with Crippen molar-refractivity contribution in [1.29, 1.82) is 0 Å². The summed E-state index contributed by atoms with van der Waals surface area (Å²) in [6.45, 7) is 0. The normalized spacial score (nSPS) is 15.5. The molecule has 1 heterocycles.